The predicted molar refractivity (Wildman–Crippen MR) is 132 cm³/mol. The van der Waals surface area contributed by atoms with Gasteiger partial charge < -0.3 is 15.5 Å². The molecule has 34 heavy (non-hydrogen) atoms. The molecule has 4 aromatic rings. The Morgan fingerprint density at radius 3 is 2.68 bits per heavy atom. The van der Waals surface area contributed by atoms with Gasteiger partial charge in [0, 0.05) is 51.1 Å². The number of fused-ring (bicyclic) bond motifs is 2. The van der Waals surface area contributed by atoms with E-state index in [9.17, 15) is 4.79 Å². The number of aromatic nitrogens is 5. The first kappa shape index (κ1) is 20.8. The number of rotatable bonds is 4. The molecule has 0 aromatic carbocycles. The number of carbonyl (C=O) groups is 1. The van der Waals surface area contributed by atoms with Crippen molar-refractivity contribution in [3.63, 3.8) is 0 Å². The van der Waals surface area contributed by atoms with E-state index in [4.69, 9.17) is 15.1 Å². The molecule has 5 heterocycles. The molecule has 0 unspecified atom stereocenters. The molecule has 2 aliphatic rings. The van der Waals surface area contributed by atoms with Gasteiger partial charge in [-0.1, -0.05) is 0 Å². The third-order valence-corrected chi connectivity index (χ3v) is 7.44. The van der Waals surface area contributed by atoms with Crippen molar-refractivity contribution < 1.29 is 4.79 Å². The van der Waals surface area contributed by atoms with Gasteiger partial charge in [0.25, 0.3) is 0 Å². The zero-order valence-electron chi connectivity index (χ0n) is 19.5. The quantitative estimate of drug-likeness (QED) is 0.484. The molecule has 1 aliphatic carbocycles. The summed E-state index contributed by atoms with van der Waals surface area (Å²) in [6.45, 7) is 3.41. The Labute approximate surface area is 197 Å². The van der Waals surface area contributed by atoms with E-state index in [0.717, 1.165) is 72.4 Å². The summed E-state index contributed by atoms with van der Waals surface area (Å²) in [5, 5.41) is 11.5. The number of likely N-dealkylation sites (tertiary alicyclic amines) is 1. The highest BCUT2D eigenvalue weighted by Gasteiger charge is 2.46. The largest absolute Gasteiger partial charge is 0.371 e. The Balaban J connectivity index is 1.22. The third-order valence-electron chi connectivity index (χ3n) is 7.44. The number of nitrogens with one attached hydrogen (secondary N) is 2. The number of hydrogen-bond donors (Lipinski definition) is 2. The molecule has 1 amide bonds. The lowest BCUT2D eigenvalue weighted by molar-refractivity contribution is -0.132. The Morgan fingerprint density at radius 1 is 1.09 bits per heavy atom. The molecule has 0 radical (unpaired) electrons. The minimum Gasteiger partial charge on any atom is -0.371 e. The van der Waals surface area contributed by atoms with Crippen LogP contribution >= 0.6 is 0 Å². The molecule has 9 nitrogen and oxygen atoms in total. The number of amides is 1. The molecule has 1 spiro atoms. The number of piperidine rings is 1. The molecule has 0 bridgehead atoms. The first-order valence-corrected chi connectivity index (χ1v) is 11.8. The topological polar surface area (TPSA) is 100 Å². The first-order chi connectivity index (χ1) is 16.5. The summed E-state index contributed by atoms with van der Waals surface area (Å²) in [6.07, 6.45) is 8.09. The van der Waals surface area contributed by atoms with Crippen molar-refractivity contribution in [2.45, 2.75) is 38.6 Å². The number of anilines is 2. The maximum Gasteiger partial charge on any atom is 0.243 e. The second-order valence-electron chi connectivity index (χ2n) is 9.55. The Morgan fingerprint density at radius 2 is 1.91 bits per heavy atom. The first-order valence-electron chi connectivity index (χ1n) is 11.8. The van der Waals surface area contributed by atoms with Crippen LogP contribution in [-0.2, 0) is 4.79 Å². The van der Waals surface area contributed by atoms with Gasteiger partial charge in [0.2, 0.25) is 11.9 Å². The predicted octanol–water partition coefficient (Wildman–Crippen LogP) is 3.58. The molecule has 1 saturated heterocycles. The number of carbonyl (C=O) groups excluding carboxylic acids is 1. The Bertz CT molecular complexity index is 1380. The lowest BCUT2D eigenvalue weighted by Gasteiger charge is -2.52. The van der Waals surface area contributed by atoms with Crippen LogP contribution in [0.5, 0.6) is 0 Å². The van der Waals surface area contributed by atoms with Crippen LogP contribution in [0.4, 0.5) is 11.8 Å². The van der Waals surface area contributed by atoms with Crippen LogP contribution in [0.2, 0.25) is 0 Å². The summed E-state index contributed by atoms with van der Waals surface area (Å²) in [5.74, 6) is 1.57. The average Bonchev–Trinajstić information content (AvgIpc) is 3.26. The van der Waals surface area contributed by atoms with Gasteiger partial charge in [0.05, 0.1) is 16.7 Å². The highest BCUT2D eigenvalue weighted by molar-refractivity contribution is 5.89. The molecule has 1 aliphatic heterocycles. The third kappa shape index (κ3) is 3.52. The standard InChI is InChI=1S/C25H28N8O/c1-16(34)32-12-8-25(9-13-32)14-17(15-25)28-24-30-23(26-2)22-18(7-11-33(22)31-24)19-5-6-20-21(29-19)4-3-10-27-20/h3-7,10-11,17H,8-9,12-15H2,1-2H3,(H2,26,28,30,31). The van der Waals surface area contributed by atoms with Crippen LogP contribution in [0.3, 0.4) is 0 Å². The Hall–Kier alpha value is -3.75. The summed E-state index contributed by atoms with van der Waals surface area (Å²) in [4.78, 5) is 27.5. The van der Waals surface area contributed by atoms with E-state index in [0.29, 0.717) is 17.4 Å². The van der Waals surface area contributed by atoms with Gasteiger partial charge in [-0.05, 0) is 61.4 Å². The Kier molecular flexibility index (Phi) is 4.86. The molecule has 4 aromatic heterocycles. The highest BCUT2D eigenvalue weighted by Crippen LogP contribution is 2.49. The van der Waals surface area contributed by atoms with Gasteiger partial charge in [-0.2, -0.15) is 4.98 Å². The molecule has 9 heteroatoms. The average molecular weight is 457 g/mol. The van der Waals surface area contributed by atoms with E-state index in [2.05, 4.69) is 15.6 Å². The normalized spacial score (nSPS) is 17.8. The lowest BCUT2D eigenvalue weighted by Crippen LogP contribution is -2.52. The van der Waals surface area contributed by atoms with Crippen molar-refractivity contribution in [2.75, 3.05) is 30.8 Å². The summed E-state index contributed by atoms with van der Waals surface area (Å²) < 4.78 is 1.87. The van der Waals surface area contributed by atoms with Crippen LogP contribution in [-0.4, -0.2) is 61.6 Å². The molecule has 0 atom stereocenters. The summed E-state index contributed by atoms with van der Waals surface area (Å²) >= 11 is 0. The van der Waals surface area contributed by atoms with Gasteiger partial charge in [-0.25, -0.2) is 9.50 Å². The summed E-state index contributed by atoms with van der Waals surface area (Å²) in [7, 11) is 1.88. The van der Waals surface area contributed by atoms with Crippen molar-refractivity contribution in [1.29, 1.82) is 0 Å². The van der Waals surface area contributed by atoms with Crippen LogP contribution in [0, 0.1) is 5.41 Å². The monoisotopic (exact) mass is 456 g/mol. The van der Waals surface area contributed by atoms with E-state index in [1.807, 2.05) is 53.0 Å². The van der Waals surface area contributed by atoms with E-state index in [1.165, 1.54) is 0 Å². The molecule has 2 fully saturated rings. The van der Waals surface area contributed by atoms with E-state index < -0.39 is 0 Å². The van der Waals surface area contributed by atoms with Crippen LogP contribution in [0.1, 0.15) is 32.6 Å². The fourth-order valence-electron chi connectivity index (χ4n) is 5.55. The van der Waals surface area contributed by atoms with Crippen molar-refractivity contribution in [2.24, 2.45) is 5.41 Å². The molecule has 2 N–H and O–H groups in total. The van der Waals surface area contributed by atoms with Crippen molar-refractivity contribution in [3.05, 3.63) is 42.7 Å². The van der Waals surface area contributed by atoms with Crippen molar-refractivity contribution >= 4 is 34.2 Å². The minimum atomic E-state index is 0.187. The molecule has 6 rings (SSSR count). The zero-order chi connectivity index (χ0) is 23.3. The maximum atomic E-state index is 11.6. The lowest BCUT2D eigenvalue weighted by atomic mass is 9.60. The van der Waals surface area contributed by atoms with Gasteiger partial charge in [-0.3, -0.25) is 9.78 Å². The number of hydrogen-bond acceptors (Lipinski definition) is 7. The number of nitrogens with zero attached hydrogens (tertiary/aromatic N) is 6. The minimum absolute atomic E-state index is 0.187. The number of pyridine rings is 2. The van der Waals surface area contributed by atoms with Gasteiger partial charge >= 0.3 is 0 Å². The second-order valence-corrected chi connectivity index (χ2v) is 9.55. The summed E-state index contributed by atoms with van der Waals surface area (Å²) in [6, 6.07) is 10.2. The molecule has 174 valence electrons. The fourth-order valence-corrected chi connectivity index (χ4v) is 5.55. The molecular formula is C25H28N8O. The smallest absolute Gasteiger partial charge is 0.243 e. The second kappa shape index (κ2) is 7.93. The van der Waals surface area contributed by atoms with Gasteiger partial charge in [0.15, 0.2) is 5.82 Å². The highest BCUT2D eigenvalue weighted by atomic mass is 16.2. The van der Waals surface area contributed by atoms with E-state index >= 15 is 0 Å². The van der Waals surface area contributed by atoms with Crippen LogP contribution in [0.25, 0.3) is 27.8 Å². The van der Waals surface area contributed by atoms with Crippen molar-refractivity contribution in [3.8, 4) is 11.3 Å². The summed E-state index contributed by atoms with van der Waals surface area (Å²) in [5.41, 5.74) is 4.82. The maximum absolute atomic E-state index is 11.6. The molecular weight excluding hydrogens is 428 g/mol. The van der Waals surface area contributed by atoms with E-state index in [1.54, 1.807) is 13.1 Å². The van der Waals surface area contributed by atoms with E-state index in [-0.39, 0.29) is 5.91 Å². The van der Waals surface area contributed by atoms with Crippen LogP contribution < -0.4 is 10.6 Å². The van der Waals surface area contributed by atoms with Crippen molar-refractivity contribution in [1.82, 2.24) is 29.5 Å². The van der Waals surface area contributed by atoms with Gasteiger partial charge in [-0.15, -0.1) is 5.10 Å². The van der Waals surface area contributed by atoms with Crippen LogP contribution in [0.15, 0.2) is 42.7 Å². The molecule has 1 saturated carbocycles. The fraction of sp³-hybridized carbons (Fsp3) is 0.400. The van der Waals surface area contributed by atoms with Gasteiger partial charge in [0.1, 0.15) is 5.52 Å². The SMILES string of the molecule is CNc1nc(NC2CC3(CCN(C(C)=O)CC3)C2)nn2ccc(-c3ccc4ncccc4n3)c12. The zero-order valence-corrected chi connectivity index (χ0v) is 19.5.